The first-order chi connectivity index (χ1) is 12.8. The van der Waals surface area contributed by atoms with E-state index in [1.54, 1.807) is 6.07 Å². The summed E-state index contributed by atoms with van der Waals surface area (Å²) >= 11 is 1.31. The van der Waals surface area contributed by atoms with Crippen LogP contribution in [0.25, 0.3) is 11.0 Å². The molecular weight excluding hydrogens is 366 g/mol. The Morgan fingerprint density at radius 3 is 2.67 bits per heavy atom. The Morgan fingerprint density at radius 2 is 2.07 bits per heavy atom. The Bertz CT molecular complexity index is 1130. The number of nitrogens with zero attached hydrogens (tertiary/aromatic N) is 3. The number of aromatic nitrogens is 4. The van der Waals surface area contributed by atoms with Crippen LogP contribution in [0.3, 0.4) is 0 Å². The first kappa shape index (κ1) is 19.0. The molecule has 0 saturated carbocycles. The minimum atomic E-state index is -0.620. The van der Waals surface area contributed by atoms with Gasteiger partial charge < -0.3 is 0 Å². The molecule has 2 N–H and O–H groups in total. The summed E-state index contributed by atoms with van der Waals surface area (Å²) in [5, 5.41) is 5.12. The molecule has 0 atom stereocenters. The number of aryl methyl sites for hydroxylation is 2. The van der Waals surface area contributed by atoms with Gasteiger partial charge in [0.2, 0.25) is 0 Å². The van der Waals surface area contributed by atoms with E-state index in [1.807, 2.05) is 33.1 Å². The summed E-state index contributed by atoms with van der Waals surface area (Å²) in [6.45, 7) is 8.03. The maximum Gasteiger partial charge on any atom is 0.329 e. The SMILES string of the molecule is CCCn1c(=O)[nH]c(=O)c2c(C(=O)Nc3nc(C)cs3)cc(C(C)C)nc21. The van der Waals surface area contributed by atoms with Crippen LogP contribution in [-0.2, 0) is 6.54 Å². The van der Waals surface area contributed by atoms with Crippen molar-refractivity contribution < 1.29 is 4.79 Å². The Kier molecular flexibility index (Phi) is 5.22. The third-order valence-corrected chi connectivity index (χ3v) is 4.97. The van der Waals surface area contributed by atoms with Gasteiger partial charge in [-0.3, -0.25) is 24.5 Å². The monoisotopic (exact) mass is 387 g/mol. The maximum absolute atomic E-state index is 12.9. The van der Waals surface area contributed by atoms with Crippen molar-refractivity contribution in [3.63, 3.8) is 0 Å². The number of carbonyl (C=O) groups is 1. The highest BCUT2D eigenvalue weighted by molar-refractivity contribution is 7.13. The number of anilines is 1. The molecule has 0 saturated heterocycles. The molecule has 1 amide bonds. The van der Waals surface area contributed by atoms with E-state index in [4.69, 9.17) is 0 Å². The number of hydrogen-bond donors (Lipinski definition) is 2. The smallest absolute Gasteiger partial charge is 0.298 e. The predicted molar refractivity (Wildman–Crippen MR) is 106 cm³/mol. The Hall–Kier alpha value is -2.81. The lowest BCUT2D eigenvalue weighted by atomic mass is 10.0. The average Bonchev–Trinajstić information content (AvgIpc) is 3.02. The van der Waals surface area contributed by atoms with Gasteiger partial charge >= 0.3 is 5.69 Å². The number of nitrogens with one attached hydrogen (secondary N) is 2. The topological polar surface area (TPSA) is 110 Å². The van der Waals surface area contributed by atoms with Gasteiger partial charge in [0.25, 0.3) is 11.5 Å². The number of rotatable bonds is 5. The van der Waals surface area contributed by atoms with Crippen LogP contribution in [0.5, 0.6) is 0 Å². The molecular formula is C18H21N5O3S. The number of amides is 1. The van der Waals surface area contributed by atoms with Gasteiger partial charge in [-0.05, 0) is 25.3 Å². The average molecular weight is 387 g/mol. The Balaban J connectivity index is 2.26. The summed E-state index contributed by atoms with van der Waals surface area (Å²) in [5.41, 5.74) is 0.709. The van der Waals surface area contributed by atoms with Crippen molar-refractivity contribution in [2.75, 3.05) is 5.32 Å². The van der Waals surface area contributed by atoms with E-state index < -0.39 is 17.2 Å². The maximum atomic E-state index is 12.9. The molecule has 0 aliphatic heterocycles. The van der Waals surface area contributed by atoms with Gasteiger partial charge in [-0.15, -0.1) is 11.3 Å². The number of hydrogen-bond acceptors (Lipinski definition) is 6. The molecule has 0 spiro atoms. The summed E-state index contributed by atoms with van der Waals surface area (Å²) < 4.78 is 1.41. The minimum Gasteiger partial charge on any atom is -0.298 e. The molecule has 3 rings (SSSR count). The minimum absolute atomic E-state index is 0.0209. The number of carbonyl (C=O) groups excluding carboxylic acids is 1. The normalized spacial score (nSPS) is 11.3. The quantitative estimate of drug-likeness (QED) is 0.699. The van der Waals surface area contributed by atoms with Crippen LogP contribution in [0.1, 0.15) is 54.9 Å². The van der Waals surface area contributed by atoms with E-state index >= 15 is 0 Å². The third kappa shape index (κ3) is 3.68. The fourth-order valence-corrected chi connectivity index (χ4v) is 3.46. The Labute approximate surface area is 159 Å². The summed E-state index contributed by atoms with van der Waals surface area (Å²) in [6, 6.07) is 1.61. The number of pyridine rings is 1. The molecule has 3 aromatic heterocycles. The zero-order valence-corrected chi connectivity index (χ0v) is 16.4. The fourth-order valence-electron chi connectivity index (χ4n) is 2.78. The number of thiazole rings is 1. The highest BCUT2D eigenvalue weighted by Crippen LogP contribution is 2.22. The van der Waals surface area contributed by atoms with Gasteiger partial charge in [0, 0.05) is 17.6 Å². The second-order valence-corrected chi connectivity index (χ2v) is 7.47. The van der Waals surface area contributed by atoms with E-state index in [9.17, 15) is 14.4 Å². The molecule has 0 aromatic carbocycles. The van der Waals surface area contributed by atoms with Crippen LogP contribution in [0.15, 0.2) is 21.0 Å². The molecule has 0 aliphatic carbocycles. The molecule has 0 bridgehead atoms. The fraction of sp³-hybridized carbons (Fsp3) is 0.389. The molecule has 3 aromatic rings. The number of aromatic amines is 1. The van der Waals surface area contributed by atoms with Crippen LogP contribution in [0.4, 0.5) is 5.13 Å². The van der Waals surface area contributed by atoms with Crippen LogP contribution in [-0.4, -0.2) is 25.4 Å². The highest BCUT2D eigenvalue weighted by Gasteiger charge is 2.21. The predicted octanol–water partition coefficient (Wildman–Crippen LogP) is 2.64. The molecule has 0 radical (unpaired) electrons. The lowest BCUT2D eigenvalue weighted by Crippen LogP contribution is -2.32. The van der Waals surface area contributed by atoms with Gasteiger partial charge in [0.05, 0.1) is 16.6 Å². The van der Waals surface area contributed by atoms with Crippen LogP contribution < -0.4 is 16.6 Å². The molecule has 3 heterocycles. The summed E-state index contributed by atoms with van der Waals surface area (Å²) in [7, 11) is 0. The lowest BCUT2D eigenvalue weighted by Gasteiger charge is -2.14. The second kappa shape index (κ2) is 7.43. The van der Waals surface area contributed by atoms with Crippen LogP contribution in [0, 0.1) is 6.92 Å². The third-order valence-electron chi connectivity index (χ3n) is 4.09. The summed E-state index contributed by atoms with van der Waals surface area (Å²) in [6.07, 6.45) is 0.689. The van der Waals surface area contributed by atoms with Crippen molar-refractivity contribution in [3.8, 4) is 0 Å². The molecule has 27 heavy (non-hydrogen) atoms. The molecule has 0 aliphatic rings. The molecule has 142 valence electrons. The zero-order valence-electron chi connectivity index (χ0n) is 15.6. The van der Waals surface area contributed by atoms with Gasteiger partial charge in [-0.2, -0.15) is 0 Å². The summed E-state index contributed by atoms with van der Waals surface area (Å²) in [4.78, 5) is 48.7. The highest BCUT2D eigenvalue weighted by atomic mass is 32.1. The first-order valence-electron chi connectivity index (χ1n) is 8.73. The van der Waals surface area contributed by atoms with E-state index in [0.717, 1.165) is 5.69 Å². The van der Waals surface area contributed by atoms with E-state index in [1.165, 1.54) is 15.9 Å². The van der Waals surface area contributed by atoms with Crippen LogP contribution >= 0.6 is 11.3 Å². The second-order valence-electron chi connectivity index (χ2n) is 6.61. The molecule has 0 unspecified atom stereocenters. The Morgan fingerprint density at radius 1 is 1.33 bits per heavy atom. The van der Waals surface area contributed by atoms with Crippen molar-refractivity contribution in [3.05, 3.63) is 49.2 Å². The van der Waals surface area contributed by atoms with Crippen LogP contribution in [0.2, 0.25) is 0 Å². The van der Waals surface area contributed by atoms with Gasteiger partial charge in [0.15, 0.2) is 10.8 Å². The number of fused-ring (bicyclic) bond motifs is 1. The number of H-pyrrole nitrogens is 1. The van der Waals surface area contributed by atoms with Crippen molar-refractivity contribution in [2.24, 2.45) is 0 Å². The molecule has 9 heteroatoms. The molecule has 0 fully saturated rings. The standard InChI is InChI=1S/C18H21N5O3S/c1-5-6-23-14-13(16(25)22-18(23)26)11(7-12(20-14)9(2)3)15(24)21-17-19-10(4)8-27-17/h7-9H,5-6H2,1-4H3,(H,19,21,24)(H,22,25,26). The van der Waals surface area contributed by atoms with Gasteiger partial charge in [0.1, 0.15) is 0 Å². The van der Waals surface area contributed by atoms with Crippen molar-refractivity contribution in [1.29, 1.82) is 0 Å². The van der Waals surface area contributed by atoms with Crippen molar-refractivity contribution in [1.82, 2.24) is 19.5 Å². The van der Waals surface area contributed by atoms with Gasteiger partial charge in [-0.25, -0.2) is 14.8 Å². The first-order valence-corrected chi connectivity index (χ1v) is 9.61. The van der Waals surface area contributed by atoms with Gasteiger partial charge in [-0.1, -0.05) is 20.8 Å². The van der Waals surface area contributed by atoms with E-state index in [0.29, 0.717) is 23.8 Å². The van der Waals surface area contributed by atoms with E-state index in [-0.39, 0.29) is 22.5 Å². The van der Waals surface area contributed by atoms with Crippen molar-refractivity contribution >= 4 is 33.4 Å². The lowest BCUT2D eigenvalue weighted by molar-refractivity contribution is 0.102. The largest absolute Gasteiger partial charge is 0.329 e. The summed E-state index contributed by atoms with van der Waals surface area (Å²) in [5.74, 6) is -0.432. The van der Waals surface area contributed by atoms with E-state index in [2.05, 4.69) is 20.3 Å². The molecule has 8 nitrogen and oxygen atoms in total. The zero-order chi connectivity index (χ0) is 19.7. The van der Waals surface area contributed by atoms with Crippen molar-refractivity contribution in [2.45, 2.75) is 46.6 Å².